The Morgan fingerprint density at radius 1 is 1.29 bits per heavy atom. The van der Waals surface area contributed by atoms with Crippen molar-refractivity contribution in [1.82, 2.24) is 10.1 Å². The Labute approximate surface area is 81.7 Å². The second kappa shape index (κ2) is 4.02. The second-order valence-corrected chi connectivity index (χ2v) is 3.09. The minimum absolute atomic E-state index is 0.198. The van der Waals surface area contributed by atoms with Crippen LogP contribution in [0.25, 0.3) is 0 Å². The number of benzene rings is 1. The number of hydrogen-bond donors (Lipinski definition) is 1. The number of nitrogens with two attached hydrogens (primary N) is 1. The molecule has 1 aromatic carbocycles. The molecule has 0 aliphatic heterocycles. The summed E-state index contributed by atoms with van der Waals surface area (Å²) in [6, 6.07) is 9.80. The summed E-state index contributed by atoms with van der Waals surface area (Å²) in [4.78, 5) is 3.91. The summed E-state index contributed by atoms with van der Waals surface area (Å²) in [5, 5.41) is 3.70. The highest BCUT2D eigenvalue weighted by atomic mass is 16.5. The van der Waals surface area contributed by atoms with E-state index >= 15 is 0 Å². The summed E-state index contributed by atoms with van der Waals surface area (Å²) in [6.45, 7) is 0. The quantitative estimate of drug-likeness (QED) is 0.790. The largest absolute Gasteiger partial charge is 0.343 e. The van der Waals surface area contributed by atoms with E-state index in [-0.39, 0.29) is 6.04 Å². The first kappa shape index (κ1) is 8.90. The molecule has 0 fully saturated rings. The number of hydrogen-bond acceptors (Lipinski definition) is 4. The molecule has 1 heterocycles. The van der Waals surface area contributed by atoms with Gasteiger partial charge in [0.25, 0.3) is 0 Å². The molecule has 0 bridgehead atoms. The molecule has 0 aliphatic carbocycles. The summed E-state index contributed by atoms with van der Waals surface area (Å²) in [5.74, 6) is 0.550. The van der Waals surface area contributed by atoms with Crippen LogP contribution in [0.2, 0.25) is 0 Å². The zero-order chi connectivity index (χ0) is 9.80. The van der Waals surface area contributed by atoms with Gasteiger partial charge < -0.3 is 10.3 Å². The molecule has 0 amide bonds. The van der Waals surface area contributed by atoms with E-state index in [1.54, 1.807) is 0 Å². The van der Waals surface area contributed by atoms with Gasteiger partial charge >= 0.3 is 0 Å². The van der Waals surface area contributed by atoms with Gasteiger partial charge in [0.15, 0.2) is 5.82 Å². The van der Waals surface area contributed by atoms with Crippen molar-refractivity contribution in [3.05, 3.63) is 48.1 Å². The van der Waals surface area contributed by atoms with Crippen molar-refractivity contribution in [3.8, 4) is 0 Å². The Balaban J connectivity index is 2.06. The summed E-state index contributed by atoms with van der Waals surface area (Å²) >= 11 is 0. The number of rotatable bonds is 3. The van der Waals surface area contributed by atoms with Gasteiger partial charge in [-0.25, -0.2) is 0 Å². The van der Waals surface area contributed by atoms with Gasteiger partial charge in [-0.15, -0.1) is 0 Å². The van der Waals surface area contributed by atoms with Gasteiger partial charge in [-0.3, -0.25) is 0 Å². The number of nitrogens with zero attached hydrogens (tertiary/aromatic N) is 2. The fourth-order valence-corrected chi connectivity index (χ4v) is 1.30. The SMILES string of the molecule is N[C@@H](Cc1ccccc1)c1ncon1. The van der Waals surface area contributed by atoms with E-state index in [9.17, 15) is 0 Å². The van der Waals surface area contributed by atoms with Crippen LogP contribution in [-0.2, 0) is 6.42 Å². The summed E-state index contributed by atoms with van der Waals surface area (Å²) in [6.07, 6.45) is 2.01. The van der Waals surface area contributed by atoms with Crippen molar-refractivity contribution in [2.45, 2.75) is 12.5 Å². The van der Waals surface area contributed by atoms with Crippen molar-refractivity contribution < 1.29 is 4.52 Å². The third-order valence-electron chi connectivity index (χ3n) is 2.01. The minimum atomic E-state index is -0.198. The molecule has 2 aromatic rings. The van der Waals surface area contributed by atoms with E-state index < -0.39 is 0 Å². The zero-order valence-corrected chi connectivity index (χ0v) is 7.63. The molecule has 2 N–H and O–H groups in total. The van der Waals surface area contributed by atoms with Gasteiger partial charge in [-0.05, 0) is 12.0 Å². The van der Waals surface area contributed by atoms with Crippen molar-refractivity contribution in [2.24, 2.45) is 5.73 Å². The van der Waals surface area contributed by atoms with E-state index in [4.69, 9.17) is 5.73 Å². The van der Waals surface area contributed by atoms with Gasteiger partial charge in [0.1, 0.15) is 0 Å². The van der Waals surface area contributed by atoms with Crippen LogP contribution in [0.4, 0.5) is 0 Å². The van der Waals surface area contributed by atoms with Crippen LogP contribution in [0.5, 0.6) is 0 Å². The third kappa shape index (κ3) is 1.97. The molecule has 0 aliphatic rings. The predicted molar refractivity (Wildman–Crippen MR) is 51.4 cm³/mol. The maximum atomic E-state index is 5.89. The van der Waals surface area contributed by atoms with Crippen LogP contribution in [-0.4, -0.2) is 10.1 Å². The smallest absolute Gasteiger partial charge is 0.213 e. The van der Waals surface area contributed by atoms with Gasteiger partial charge in [0.2, 0.25) is 6.39 Å². The van der Waals surface area contributed by atoms with Gasteiger partial charge in [0, 0.05) is 0 Å². The summed E-state index contributed by atoms with van der Waals surface area (Å²) in [5.41, 5.74) is 7.06. The summed E-state index contributed by atoms with van der Waals surface area (Å²) in [7, 11) is 0. The molecule has 4 nitrogen and oxygen atoms in total. The molecule has 0 saturated heterocycles. The molecule has 0 unspecified atom stereocenters. The normalized spacial score (nSPS) is 12.6. The lowest BCUT2D eigenvalue weighted by Crippen LogP contribution is -2.14. The average Bonchev–Trinajstić information content (AvgIpc) is 2.72. The fourth-order valence-electron chi connectivity index (χ4n) is 1.30. The molecule has 0 spiro atoms. The molecular weight excluding hydrogens is 178 g/mol. The van der Waals surface area contributed by atoms with Crippen LogP contribution in [0.3, 0.4) is 0 Å². The lowest BCUT2D eigenvalue weighted by Gasteiger charge is -2.06. The Kier molecular flexibility index (Phi) is 2.55. The van der Waals surface area contributed by atoms with E-state index in [2.05, 4.69) is 14.7 Å². The van der Waals surface area contributed by atoms with E-state index in [0.717, 1.165) is 6.42 Å². The van der Waals surface area contributed by atoms with Crippen LogP contribution in [0.15, 0.2) is 41.2 Å². The molecule has 1 aromatic heterocycles. The monoisotopic (exact) mass is 189 g/mol. The van der Waals surface area contributed by atoms with E-state index in [0.29, 0.717) is 5.82 Å². The molecule has 72 valence electrons. The highest BCUT2D eigenvalue weighted by Crippen LogP contribution is 2.11. The van der Waals surface area contributed by atoms with Crippen LogP contribution in [0.1, 0.15) is 17.4 Å². The molecule has 4 heteroatoms. The summed E-state index contributed by atoms with van der Waals surface area (Å²) < 4.78 is 4.63. The Morgan fingerprint density at radius 3 is 2.71 bits per heavy atom. The van der Waals surface area contributed by atoms with Crippen molar-refractivity contribution >= 4 is 0 Å². The van der Waals surface area contributed by atoms with Crippen LogP contribution >= 0.6 is 0 Å². The highest BCUT2D eigenvalue weighted by Gasteiger charge is 2.10. The maximum absolute atomic E-state index is 5.89. The topological polar surface area (TPSA) is 64.9 Å². The number of aromatic nitrogens is 2. The predicted octanol–water partition coefficient (Wildman–Crippen LogP) is 1.31. The van der Waals surface area contributed by atoms with Gasteiger partial charge in [0.05, 0.1) is 6.04 Å². The standard InChI is InChI=1S/C10H11N3O/c11-9(10-12-7-14-13-10)6-8-4-2-1-3-5-8/h1-5,7,9H,6,11H2/t9-/m0/s1. The average molecular weight is 189 g/mol. The van der Waals surface area contributed by atoms with E-state index in [1.807, 2.05) is 30.3 Å². The van der Waals surface area contributed by atoms with Crippen LogP contribution < -0.4 is 5.73 Å². The first-order valence-corrected chi connectivity index (χ1v) is 4.42. The van der Waals surface area contributed by atoms with Crippen molar-refractivity contribution in [1.29, 1.82) is 0 Å². The Bertz CT molecular complexity index is 372. The van der Waals surface area contributed by atoms with Gasteiger partial charge in [-0.1, -0.05) is 35.5 Å². The molecule has 1 atom stereocenters. The molecule has 0 radical (unpaired) electrons. The van der Waals surface area contributed by atoms with Crippen molar-refractivity contribution in [2.75, 3.05) is 0 Å². The molecule has 0 saturated carbocycles. The Morgan fingerprint density at radius 2 is 2.07 bits per heavy atom. The van der Waals surface area contributed by atoms with Crippen molar-refractivity contribution in [3.63, 3.8) is 0 Å². The molecule has 14 heavy (non-hydrogen) atoms. The first-order chi connectivity index (χ1) is 6.86. The highest BCUT2D eigenvalue weighted by molar-refractivity contribution is 5.16. The zero-order valence-electron chi connectivity index (χ0n) is 7.63. The Hall–Kier alpha value is -1.68. The van der Waals surface area contributed by atoms with Crippen LogP contribution in [0, 0.1) is 0 Å². The van der Waals surface area contributed by atoms with Gasteiger partial charge in [-0.2, -0.15) is 4.98 Å². The molecule has 2 rings (SSSR count). The third-order valence-corrected chi connectivity index (χ3v) is 2.01. The lowest BCUT2D eigenvalue weighted by atomic mass is 10.1. The lowest BCUT2D eigenvalue weighted by molar-refractivity contribution is 0.404. The second-order valence-electron chi connectivity index (χ2n) is 3.09. The first-order valence-electron chi connectivity index (χ1n) is 4.42. The maximum Gasteiger partial charge on any atom is 0.213 e. The fraction of sp³-hybridized carbons (Fsp3) is 0.200. The molecular formula is C10H11N3O. The van der Waals surface area contributed by atoms with E-state index in [1.165, 1.54) is 12.0 Å². The minimum Gasteiger partial charge on any atom is -0.343 e.